The summed E-state index contributed by atoms with van der Waals surface area (Å²) >= 11 is 0. The first-order valence-corrected chi connectivity index (χ1v) is 9.25. The molecular formula is C24H17N5O. The van der Waals surface area contributed by atoms with Gasteiger partial charge in [-0.15, -0.1) is 0 Å². The molecular weight excluding hydrogens is 374 g/mol. The van der Waals surface area contributed by atoms with E-state index >= 15 is 0 Å². The predicted octanol–water partition coefficient (Wildman–Crippen LogP) is 3.80. The van der Waals surface area contributed by atoms with E-state index < -0.39 is 5.54 Å². The Labute approximate surface area is 174 Å². The van der Waals surface area contributed by atoms with E-state index in [-0.39, 0.29) is 0 Å². The smallest absolute Gasteiger partial charge is 0.187 e. The molecule has 1 aliphatic rings. The van der Waals surface area contributed by atoms with Crippen LogP contribution >= 0.6 is 0 Å². The van der Waals surface area contributed by atoms with E-state index in [9.17, 15) is 10.5 Å². The number of hydrogen-bond acceptors (Lipinski definition) is 6. The van der Waals surface area contributed by atoms with Gasteiger partial charge in [0.2, 0.25) is 0 Å². The average Bonchev–Trinajstić information content (AvgIpc) is 2.84. The third-order valence-corrected chi connectivity index (χ3v) is 4.81. The molecule has 1 aromatic carbocycles. The molecule has 3 heterocycles. The van der Waals surface area contributed by atoms with E-state index in [0.29, 0.717) is 22.8 Å². The van der Waals surface area contributed by atoms with Gasteiger partial charge < -0.3 is 10.1 Å². The van der Waals surface area contributed by atoms with Gasteiger partial charge in [-0.25, -0.2) is 4.98 Å². The number of benzene rings is 1. The maximum Gasteiger partial charge on any atom is 0.187 e. The summed E-state index contributed by atoms with van der Waals surface area (Å²) in [5, 5.41) is 22.7. The fourth-order valence-corrected chi connectivity index (χ4v) is 3.30. The second kappa shape index (κ2) is 7.90. The molecule has 0 amide bonds. The number of pyridine rings is 2. The van der Waals surface area contributed by atoms with Crippen molar-refractivity contribution in [3.05, 3.63) is 102 Å². The Bertz CT molecular complexity index is 1220. The minimum Gasteiger partial charge on any atom is -0.497 e. The van der Waals surface area contributed by atoms with Crippen LogP contribution in [0.3, 0.4) is 0 Å². The molecule has 0 saturated carbocycles. The number of hydrogen-bond donors (Lipinski definition) is 1. The van der Waals surface area contributed by atoms with Gasteiger partial charge in [0, 0.05) is 6.20 Å². The first-order valence-electron chi connectivity index (χ1n) is 9.25. The summed E-state index contributed by atoms with van der Waals surface area (Å²) in [5.74, 6) is 0.747. The van der Waals surface area contributed by atoms with Crippen molar-refractivity contribution in [3.8, 4) is 17.9 Å². The molecule has 6 heteroatoms. The molecule has 0 bridgehead atoms. The number of nitriles is 2. The highest BCUT2D eigenvalue weighted by Crippen LogP contribution is 2.35. The fraction of sp³-hybridized carbons (Fsp3) is 0.0833. The van der Waals surface area contributed by atoms with E-state index in [1.54, 1.807) is 43.6 Å². The molecule has 1 aliphatic heterocycles. The highest BCUT2D eigenvalue weighted by molar-refractivity contribution is 5.87. The van der Waals surface area contributed by atoms with Gasteiger partial charge >= 0.3 is 0 Å². The Morgan fingerprint density at radius 1 is 1.00 bits per heavy atom. The number of methoxy groups -OCH3 is 1. The van der Waals surface area contributed by atoms with Crippen LogP contribution in [0.2, 0.25) is 0 Å². The van der Waals surface area contributed by atoms with E-state index in [1.807, 2.05) is 42.5 Å². The molecule has 6 nitrogen and oxygen atoms in total. The van der Waals surface area contributed by atoms with Gasteiger partial charge in [0.15, 0.2) is 5.54 Å². The summed E-state index contributed by atoms with van der Waals surface area (Å²) in [7, 11) is 1.62. The molecule has 0 fully saturated rings. The zero-order valence-electron chi connectivity index (χ0n) is 16.2. The van der Waals surface area contributed by atoms with Crippen molar-refractivity contribution in [3.63, 3.8) is 0 Å². The quantitative estimate of drug-likeness (QED) is 0.727. The summed E-state index contributed by atoms with van der Waals surface area (Å²) in [4.78, 5) is 8.81. The normalized spacial score (nSPS) is 17.6. The molecule has 1 unspecified atom stereocenters. The summed E-state index contributed by atoms with van der Waals surface area (Å²) in [5.41, 5.74) is 2.64. The van der Waals surface area contributed by atoms with E-state index in [0.717, 1.165) is 16.9 Å². The first-order chi connectivity index (χ1) is 14.7. The van der Waals surface area contributed by atoms with Crippen LogP contribution in [-0.2, 0) is 5.54 Å². The number of nitrogens with zero attached hydrogens (tertiary/aromatic N) is 4. The molecule has 4 rings (SSSR count). The molecule has 0 saturated heterocycles. The lowest BCUT2D eigenvalue weighted by atomic mass is 9.86. The zero-order valence-corrected chi connectivity index (χ0v) is 16.2. The second-order valence-corrected chi connectivity index (χ2v) is 6.67. The highest BCUT2D eigenvalue weighted by Gasteiger charge is 2.36. The highest BCUT2D eigenvalue weighted by atomic mass is 16.5. The Morgan fingerprint density at radius 3 is 2.50 bits per heavy atom. The number of ether oxygens (including phenoxy) is 1. The minimum absolute atomic E-state index is 0.302. The maximum atomic E-state index is 10.2. The minimum atomic E-state index is -1.19. The summed E-state index contributed by atoms with van der Waals surface area (Å²) in [6.45, 7) is 0. The summed E-state index contributed by atoms with van der Waals surface area (Å²) < 4.78 is 5.25. The van der Waals surface area contributed by atoms with Crippen molar-refractivity contribution in [1.82, 2.24) is 15.3 Å². The van der Waals surface area contributed by atoms with Gasteiger partial charge in [-0.3, -0.25) is 4.98 Å². The lowest BCUT2D eigenvalue weighted by Crippen LogP contribution is -2.41. The van der Waals surface area contributed by atoms with Crippen molar-refractivity contribution < 1.29 is 4.74 Å². The lowest BCUT2D eigenvalue weighted by Gasteiger charge is -2.31. The maximum absolute atomic E-state index is 10.2. The van der Waals surface area contributed by atoms with Crippen LogP contribution in [0.15, 0.2) is 79.0 Å². The molecule has 30 heavy (non-hydrogen) atoms. The van der Waals surface area contributed by atoms with Crippen molar-refractivity contribution in [1.29, 1.82) is 10.5 Å². The van der Waals surface area contributed by atoms with E-state index in [4.69, 9.17) is 4.74 Å². The second-order valence-electron chi connectivity index (χ2n) is 6.67. The molecule has 144 valence electrons. The Hall–Kier alpha value is -4.42. The van der Waals surface area contributed by atoms with Crippen LogP contribution in [0.4, 0.5) is 0 Å². The Morgan fingerprint density at radius 2 is 1.83 bits per heavy atom. The third kappa shape index (κ3) is 3.50. The number of rotatable bonds is 4. The van der Waals surface area contributed by atoms with Gasteiger partial charge in [0.05, 0.1) is 24.2 Å². The third-order valence-electron chi connectivity index (χ3n) is 4.81. The van der Waals surface area contributed by atoms with Crippen LogP contribution in [0.5, 0.6) is 5.75 Å². The molecule has 1 N–H and O–H groups in total. The molecule has 2 aromatic heterocycles. The molecule has 3 aromatic rings. The van der Waals surface area contributed by atoms with Crippen molar-refractivity contribution in [2.45, 2.75) is 5.54 Å². The van der Waals surface area contributed by atoms with Crippen LogP contribution in [0.1, 0.15) is 22.6 Å². The fourth-order valence-electron chi connectivity index (χ4n) is 3.30. The molecule has 0 aliphatic carbocycles. The van der Waals surface area contributed by atoms with Crippen LogP contribution in [-0.4, -0.2) is 17.1 Å². The summed E-state index contributed by atoms with van der Waals surface area (Å²) in [6, 6.07) is 22.7. The summed E-state index contributed by atoms with van der Waals surface area (Å²) in [6.07, 6.45) is 5.43. The number of allylic oxidation sites excluding steroid dienone is 2. The topological polar surface area (TPSA) is 94.6 Å². The zero-order chi connectivity index (χ0) is 21.0. The number of aromatic nitrogens is 2. The molecule has 1 atom stereocenters. The van der Waals surface area contributed by atoms with E-state index in [1.165, 1.54) is 0 Å². The van der Waals surface area contributed by atoms with Gasteiger partial charge in [0.1, 0.15) is 23.6 Å². The van der Waals surface area contributed by atoms with Crippen LogP contribution < -0.4 is 10.1 Å². The Kier molecular flexibility index (Phi) is 4.99. The lowest BCUT2D eigenvalue weighted by molar-refractivity contribution is 0.415. The Balaban J connectivity index is 1.89. The van der Waals surface area contributed by atoms with Gasteiger partial charge in [-0.05, 0) is 59.7 Å². The van der Waals surface area contributed by atoms with Gasteiger partial charge in [-0.2, -0.15) is 10.5 Å². The predicted molar refractivity (Wildman–Crippen MR) is 113 cm³/mol. The number of nitrogens with one attached hydrogen (secondary N) is 1. The molecule has 0 radical (unpaired) electrons. The van der Waals surface area contributed by atoms with Gasteiger partial charge in [-0.1, -0.05) is 24.3 Å². The van der Waals surface area contributed by atoms with Crippen LogP contribution in [0, 0.1) is 22.7 Å². The largest absolute Gasteiger partial charge is 0.497 e. The van der Waals surface area contributed by atoms with Crippen molar-refractivity contribution >= 4 is 11.3 Å². The molecule has 0 spiro atoms. The SMILES string of the molecule is COc1ccc(C2=CC(C#N)(c3ccccn3)NC(c3cccc(C#N)n3)=C2)cc1. The van der Waals surface area contributed by atoms with E-state index in [2.05, 4.69) is 27.4 Å². The van der Waals surface area contributed by atoms with Crippen molar-refractivity contribution in [2.24, 2.45) is 0 Å². The average molecular weight is 391 g/mol. The first kappa shape index (κ1) is 18.9. The number of dihydropyridines is 1. The van der Waals surface area contributed by atoms with Crippen molar-refractivity contribution in [2.75, 3.05) is 7.11 Å². The van der Waals surface area contributed by atoms with Gasteiger partial charge in [0.25, 0.3) is 0 Å². The monoisotopic (exact) mass is 391 g/mol. The van der Waals surface area contributed by atoms with Crippen LogP contribution in [0.25, 0.3) is 11.3 Å². The standard InChI is InChI=1S/C24H17N5O/c1-30-20-10-8-17(9-11-20)18-13-22(21-6-4-5-19(15-25)28-21)29-24(14-18,16-26)23-7-2-3-12-27-23/h2-14,29H,1H3.